The highest BCUT2D eigenvalue weighted by atomic mass is 19.1. The van der Waals surface area contributed by atoms with Crippen molar-refractivity contribution in [3.05, 3.63) is 100.0 Å². The van der Waals surface area contributed by atoms with Gasteiger partial charge in [0.05, 0.1) is 23.9 Å². The summed E-state index contributed by atoms with van der Waals surface area (Å²) in [5.74, 6) is 0.987. The second kappa shape index (κ2) is 12.8. The normalized spacial score (nSPS) is 11.0. The molecule has 42 heavy (non-hydrogen) atoms. The van der Waals surface area contributed by atoms with Crippen molar-refractivity contribution in [1.82, 2.24) is 19.7 Å². The molecule has 0 N–H and O–H groups in total. The molecule has 9 heteroatoms. The van der Waals surface area contributed by atoms with E-state index < -0.39 is 11.9 Å². The number of halogens is 1. The SMILES string of the molecule is C.CCCc1nc(C)c(-c2ccc(OC(C)C)cc2)c(=O)n1Cc1ccc(-c2ccccc2-c2noc([O-])n2)cc1F. The topological polar surface area (TPSA) is 106 Å². The predicted molar refractivity (Wildman–Crippen MR) is 159 cm³/mol. The summed E-state index contributed by atoms with van der Waals surface area (Å²) >= 11 is 0. The minimum Gasteiger partial charge on any atom is -0.528 e. The van der Waals surface area contributed by atoms with Gasteiger partial charge in [-0.1, -0.05) is 62.9 Å². The number of aromatic nitrogens is 4. The Morgan fingerprint density at radius 1 is 1.00 bits per heavy atom. The highest BCUT2D eigenvalue weighted by Gasteiger charge is 2.18. The molecule has 0 atom stereocenters. The average Bonchev–Trinajstić information content (AvgIpc) is 3.38. The lowest BCUT2D eigenvalue weighted by molar-refractivity contribution is -0.303. The Morgan fingerprint density at radius 3 is 2.31 bits per heavy atom. The van der Waals surface area contributed by atoms with Crippen LogP contribution in [0.5, 0.6) is 11.8 Å². The fraction of sp³-hybridized carbons (Fsp3) is 0.273. The Kier molecular flexibility index (Phi) is 9.20. The van der Waals surface area contributed by atoms with Gasteiger partial charge in [0.2, 0.25) is 0 Å². The van der Waals surface area contributed by atoms with Gasteiger partial charge in [0, 0.05) is 17.5 Å². The Hall–Kier alpha value is -4.79. The first-order valence-electron chi connectivity index (χ1n) is 13.5. The molecule has 0 fully saturated rings. The van der Waals surface area contributed by atoms with Crippen molar-refractivity contribution in [2.24, 2.45) is 0 Å². The first-order valence-corrected chi connectivity index (χ1v) is 13.5. The molecule has 0 radical (unpaired) electrons. The lowest BCUT2D eigenvalue weighted by Gasteiger charge is -2.17. The Bertz CT molecular complexity index is 1740. The van der Waals surface area contributed by atoms with E-state index in [-0.39, 0.29) is 31.5 Å². The molecule has 0 saturated carbocycles. The van der Waals surface area contributed by atoms with Gasteiger partial charge in [0.15, 0.2) is 11.9 Å². The Labute approximate surface area is 244 Å². The molecular formula is C33H34FN4O4-. The molecule has 0 unspecified atom stereocenters. The molecule has 5 aromatic rings. The third-order valence-corrected chi connectivity index (χ3v) is 6.69. The van der Waals surface area contributed by atoms with Crippen LogP contribution in [0.4, 0.5) is 4.39 Å². The molecule has 0 bridgehead atoms. The molecule has 0 aliphatic rings. The van der Waals surface area contributed by atoms with Crippen LogP contribution in [0, 0.1) is 12.7 Å². The van der Waals surface area contributed by atoms with Crippen LogP contribution in [0.3, 0.4) is 0 Å². The summed E-state index contributed by atoms with van der Waals surface area (Å²) in [7, 11) is 0. The van der Waals surface area contributed by atoms with Crippen molar-refractivity contribution in [2.45, 2.75) is 60.6 Å². The van der Waals surface area contributed by atoms with Crippen LogP contribution >= 0.6 is 0 Å². The standard InChI is InChI=1S/C32H31FN4O4.CH4/c1-5-8-28-34-20(4)29(21-13-15-24(16-14-21)40-19(2)3)31(38)37(28)18-23-12-11-22(17-27(23)33)25-9-6-7-10-26(25)30-35-32(39)41-36-30;/h6-7,9-17,19H,5,8,18H2,1-4H3,(H,35,36,39);1H4/p-1. The molecule has 8 nitrogen and oxygen atoms in total. The quantitative estimate of drug-likeness (QED) is 0.198. The minimum atomic E-state index is -0.796. The third-order valence-electron chi connectivity index (χ3n) is 6.69. The van der Waals surface area contributed by atoms with Crippen LogP contribution < -0.4 is 15.4 Å². The van der Waals surface area contributed by atoms with Crippen LogP contribution in [0.1, 0.15) is 51.7 Å². The largest absolute Gasteiger partial charge is 0.528 e. The number of hydrogen-bond acceptors (Lipinski definition) is 7. The number of aryl methyl sites for hydroxylation is 2. The molecule has 5 rings (SSSR count). The average molecular weight is 570 g/mol. The van der Waals surface area contributed by atoms with Crippen LogP contribution in [0.25, 0.3) is 33.6 Å². The zero-order valence-corrected chi connectivity index (χ0v) is 23.3. The summed E-state index contributed by atoms with van der Waals surface area (Å²) in [5.41, 5.74) is 3.72. The van der Waals surface area contributed by atoms with Gasteiger partial charge in [-0.05, 0) is 62.1 Å². The van der Waals surface area contributed by atoms with Crippen molar-refractivity contribution >= 4 is 0 Å². The van der Waals surface area contributed by atoms with Crippen molar-refractivity contribution < 1.29 is 18.8 Å². The van der Waals surface area contributed by atoms with Crippen molar-refractivity contribution in [2.75, 3.05) is 0 Å². The van der Waals surface area contributed by atoms with Gasteiger partial charge < -0.3 is 14.4 Å². The van der Waals surface area contributed by atoms with Crippen LogP contribution in [-0.4, -0.2) is 25.8 Å². The van der Waals surface area contributed by atoms with E-state index in [1.807, 2.05) is 52.0 Å². The highest BCUT2D eigenvalue weighted by molar-refractivity contribution is 5.80. The van der Waals surface area contributed by atoms with Gasteiger partial charge >= 0.3 is 0 Å². The molecule has 0 saturated heterocycles. The van der Waals surface area contributed by atoms with E-state index in [2.05, 4.69) is 14.7 Å². The maximum absolute atomic E-state index is 15.6. The van der Waals surface area contributed by atoms with Crippen molar-refractivity contribution in [3.8, 4) is 45.5 Å². The first kappa shape index (κ1) is 30.2. The monoisotopic (exact) mass is 569 g/mol. The maximum Gasteiger partial charge on any atom is 0.261 e. The first-order chi connectivity index (χ1) is 19.7. The molecule has 2 aromatic heterocycles. The number of ether oxygens (including phenoxy) is 1. The fourth-order valence-corrected chi connectivity index (χ4v) is 4.86. The van der Waals surface area contributed by atoms with E-state index in [0.717, 1.165) is 12.0 Å². The molecule has 3 aromatic carbocycles. The summed E-state index contributed by atoms with van der Waals surface area (Å²) in [5, 5.41) is 15.2. The van der Waals surface area contributed by atoms with Gasteiger partial charge in [0.1, 0.15) is 17.4 Å². The minimum absolute atomic E-state index is 0. The van der Waals surface area contributed by atoms with Gasteiger partial charge in [0.25, 0.3) is 5.56 Å². The van der Waals surface area contributed by atoms with Gasteiger partial charge in [-0.2, -0.15) is 5.16 Å². The van der Waals surface area contributed by atoms with Crippen molar-refractivity contribution in [3.63, 3.8) is 0 Å². The van der Waals surface area contributed by atoms with E-state index >= 15 is 4.39 Å². The second-order valence-corrected chi connectivity index (χ2v) is 10.1. The highest BCUT2D eigenvalue weighted by Crippen LogP contribution is 2.32. The summed E-state index contributed by atoms with van der Waals surface area (Å²) in [6, 6.07) is 19.3. The summed E-state index contributed by atoms with van der Waals surface area (Å²) < 4.78 is 27.5. The zero-order valence-electron chi connectivity index (χ0n) is 23.3. The molecule has 0 spiro atoms. The van der Waals surface area contributed by atoms with E-state index in [0.29, 0.717) is 51.5 Å². The third kappa shape index (κ3) is 6.25. The number of rotatable bonds is 9. The summed E-state index contributed by atoms with van der Waals surface area (Å²) in [6.07, 6.45) is 0.604. The molecule has 218 valence electrons. The van der Waals surface area contributed by atoms with E-state index in [9.17, 15) is 9.90 Å². The number of benzene rings is 3. The molecule has 2 heterocycles. The number of nitrogens with zero attached hydrogens (tertiary/aromatic N) is 4. The van der Waals surface area contributed by atoms with Gasteiger partial charge in [-0.3, -0.25) is 9.36 Å². The van der Waals surface area contributed by atoms with Crippen LogP contribution in [0.2, 0.25) is 0 Å². The van der Waals surface area contributed by atoms with E-state index in [1.54, 1.807) is 41.0 Å². The van der Waals surface area contributed by atoms with E-state index in [1.165, 1.54) is 6.07 Å². The van der Waals surface area contributed by atoms with Crippen molar-refractivity contribution in [1.29, 1.82) is 0 Å². The lowest BCUT2D eigenvalue weighted by atomic mass is 9.98. The Balaban J connectivity index is 0.00000405. The molecule has 0 amide bonds. The van der Waals surface area contributed by atoms with Gasteiger partial charge in [-0.15, -0.1) is 0 Å². The maximum atomic E-state index is 15.6. The van der Waals surface area contributed by atoms with E-state index in [4.69, 9.17) is 9.72 Å². The second-order valence-electron chi connectivity index (χ2n) is 10.1. The summed E-state index contributed by atoms with van der Waals surface area (Å²) in [6.45, 7) is 7.77. The smallest absolute Gasteiger partial charge is 0.261 e. The predicted octanol–water partition coefficient (Wildman–Crippen LogP) is 6.57. The lowest BCUT2D eigenvalue weighted by Crippen LogP contribution is -2.28. The van der Waals surface area contributed by atoms with Gasteiger partial charge in [-0.25, -0.2) is 14.4 Å². The van der Waals surface area contributed by atoms with Crippen LogP contribution in [0.15, 0.2) is 76.0 Å². The molecule has 0 aliphatic heterocycles. The number of hydrogen-bond donors (Lipinski definition) is 0. The fourth-order valence-electron chi connectivity index (χ4n) is 4.86. The Morgan fingerprint density at radius 2 is 1.69 bits per heavy atom. The molecular weight excluding hydrogens is 535 g/mol. The zero-order chi connectivity index (χ0) is 29.1. The van der Waals surface area contributed by atoms with Crippen LogP contribution in [-0.2, 0) is 13.0 Å². The summed E-state index contributed by atoms with van der Waals surface area (Å²) in [4.78, 5) is 22.4. The molecule has 0 aliphatic carbocycles.